The Labute approximate surface area is 276 Å². The Kier molecular flexibility index (Phi) is 7.68. The fourth-order valence-electron chi connectivity index (χ4n) is 6.25. The molecule has 2 N–H and O–H groups in total. The second-order valence-electron chi connectivity index (χ2n) is 11.8. The second-order valence-corrected chi connectivity index (χ2v) is 13.3. The number of halogens is 2. The van der Waals surface area contributed by atoms with Crippen LogP contribution in [-0.2, 0) is 22.6 Å². The number of ketones is 2. The standard InChI is InChI=1S/C33H27ClFN7O4S/c1-15(43)17-6-7-23(34)22(8-17)21-5-3-4-18(28(21)35)11-26(44)25-10-19-9-24(19)42(25)27(45)14-41-32-30(29(40-41)31(36)46)47-33(39-32)20-12-37-16(2)38-13-20/h3-8,12-13,19,24-25H,9-11,14H2,1-2H3,(H2,36,46)/t19-,24-,25+/m1/s1. The molecule has 1 aliphatic heterocycles. The van der Waals surface area contributed by atoms with Crippen LogP contribution in [0.25, 0.3) is 32.0 Å². The fraction of sp³-hybridized carbons (Fsp3) is 0.273. The van der Waals surface area contributed by atoms with Crippen LogP contribution in [0.2, 0.25) is 5.02 Å². The Morgan fingerprint density at radius 3 is 2.57 bits per heavy atom. The lowest BCUT2D eigenvalue weighted by Gasteiger charge is -2.27. The molecule has 4 heterocycles. The van der Waals surface area contributed by atoms with Gasteiger partial charge in [0.05, 0.1) is 6.04 Å². The van der Waals surface area contributed by atoms with Crippen LogP contribution in [-0.4, -0.2) is 65.1 Å². The normalized spacial score (nSPS) is 18.4. The van der Waals surface area contributed by atoms with Gasteiger partial charge in [0.2, 0.25) is 5.91 Å². The highest BCUT2D eigenvalue weighted by Gasteiger charge is 2.55. The van der Waals surface area contributed by atoms with Gasteiger partial charge in [0, 0.05) is 52.1 Å². The molecule has 3 atom stereocenters. The highest BCUT2D eigenvalue weighted by Crippen LogP contribution is 2.48. The second kappa shape index (κ2) is 11.7. The average Bonchev–Trinajstić information content (AvgIpc) is 3.33. The summed E-state index contributed by atoms with van der Waals surface area (Å²) >= 11 is 7.57. The summed E-state index contributed by atoms with van der Waals surface area (Å²) in [5.41, 5.74) is 7.65. The van der Waals surface area contributed by atoms with Gasteiger partial charge in [0.25, 0.3) is 5.91 Å². The minimum Gasteiger partial charge on any atom is -0.364 e. The number of hydrogen-bond donors (Lipinski definition) is 1. The highest BCUT2D eigenvalue weighted by atomic mass is 35.5. The molecule has 1 saturated carbocycles. The third-order valence-electron chi connectivity index (χ3n) is 8.71. The predicted octanol–water partition coefficient (Wildman–Crippen LogP) is 4.82. The first-order chi connectivity index (χ1) is 22.5. The van der Waals surface area contributed by atoms with Crippen molar-refractivity contribution in [1.29, 1.82) is 0 Å². The van der Waals surface area contributed by atoms with Crippen molar-refractivity contribution in [3.8, 4) is 21.7 Å². The van der Waals surface area contributed by atoms with E-state index in [2.05, 4.69) is 20.1 Å². The van der Waals surface area contributed by atoms with Gasteiger partial charge in [0.15, 0.2) is 22.9 Å². The Bertz CT molecular complexity index is 2130. The fourth-order valence-corrected chi connectivity index (χ4v) is 7.49. The minimum absolute atomic E-state index is 0.00720. The van der Waals surface area contributed by atoms with Crippen LogP contribution >= 0.6 is 22.9 Å². The number of amides is 2. The Balaban J connectivity index is 1.14. The van der Waals surface area contributed by atoms with Gasteiger partial charge in [-0.25, -0.2) is 24.0 Å². The number of nitrogens with two attached hydrogens (primary N) is 1. The molecule has 14 heteroatoms. The largest absolute Gasteiger partial charge is 0.364 e. The molecule has 2 aromatic carbocycles. The zero-order valence-corrected chi connectivity index (χ0v) is 26.8. The van der Waals surface area contributed by atoms with Gasteiger partial charge in [-0.3, -0.25) is 19.2 Å². The molecule has 238 valence electrons. The number of nitrogens with zero attached hydrogens (tertiary/aromatic N) is 6. The van der Waals surface area contributed by atoms with E-state index in [0.29, 0.717) is 44.3 Å². The summed E-state index contributed by atoms with van der Waals surface area (Å²) in [7, 11) is 0. The molecule has 0 spiro atoms. The molecule has 1 saturated heterocycles. The first kappa shape index (κ1) is 30.8. The number of Topliss-reactive ketones (excluding diaryl/α,β-unsaturated/α-hetero) is 2. The Morgan fingerprint density at radius 1 is 1.09 bits per heavy atom. The molecule has 2 aliphatic rings. The number of benzene rings is 2. The van der Waals surface area contributed by atoms with Gasteiger partial charge >= 0.3 is 0 Å². The van der Waals surface area contributed by atoms with Gasteiger partial charge in [-0.1, -0.05) is 29.8 Å². The third-order valence-corrected chi connectivity index (χ3v) is 10.1. The number of primary amides is 1. The van der Waals surface area contributed by atoms with Crippen molar-refractivity contribution in [2.75, 3.05) is 0 Å². The topological polar surface area (TPSA) is 154 Å². The van der Waals surface area contributed by atoms with Crippen molar-refractivity contribution in [1.82, 2.24) is 29.6 Å². The van der Waals surface area contributed by atoms with Crippen LogP contribution in [0.15, 0.2) is 48.8 Å². The summed E-state index contributed by atoms with van der Waals surface area (Å²) in [5.74, 6) is -1.42. The van der Waals surface area contributed by atoms with Crippen LogP contribution in [0, 0.1) is 18.7 Å². The van der Waals surface area contributed by atoms with Crippen molar-refractivity contribution in [3.05, 3.63) is 82.3 Å². The zero-order valence-electron chi connectivity index (χ0n) is 25.2. The summed E-state index contributed by atoms with van der Waals surface area (Å²) in [6.45, 7) is 2.91. The van der Waals surface area contributed by atoms with Crippen molar-refractivity contribution < 1.29 is 23.6 Å². The third kappa shape index (κ3) is 5.59. The van der Waals surface area contributed by atoms with E-state index in [9.17, 15) is 19.2 Å². The molecule has 0 radical (unpaired) electrons. The lowest BCUT2D eigenvalue weighted by atomic mass is 9.95. The Morgan fingerprint density at radius 2 is 1.85 bits per heavy atom. The van der Waals surface area contributed by atoms with Crippen molar-refractivity contribution in [2.45, 2.75) is 51.7 Å². The van der Waals surface area contributed by atoms with Gasteiger partial charge in [-0.05, 0) is 56.4 Å². The number of aryl methyl sites for hydroxylation is 1. The number of hydrogen-bond acceptors (Lipinski definition) is 9. The average molecular weight is 672 g/mol. The summed E-state index contributed by atoms with van der Waals surface area (Å²) in [6, 6.07) is 8.54. The van der Waals surface area contributed by atoms with Crippen LogP contribution in [0.4, 0.5) is 4.39 Å². The molecule has 1 aliphatic carbocycles. The van der Waals surface area contributed by atoms with E-state index in [0.717, 1.165) is 6.42 Å². The number of fused-ring (bicyclic) bond motifs is 2. The van der Waals surface area contributed by atoms with E-state index in [1.54, 1.807) is 48.5 Å². The predicted molar refractivity (Wildman–Crippen MR) is 172 cm³/mol. The smallest absolute Gasteiger partial charge is 0.270 e. The quantitative estimate of drug-likeness (QED) is 0.219. The maximum absolute atomic E-state index is 15.9. The maximum Gasteiger partial charge on any atom is 0.270 e. The molecule has 11 nitrogen and oxygen atoms in total. The molecule has 3 aromatic heterocycles. The van der Waals surface area contributed by atoms with Crippen LogP contribution in [0.3, 0.4) is 0 Å². The summed E-state index contributed by atoms with van der Waals surface area (Å²) in [6.07, 6.45) is 4.27. The zero-order chi connectivity index (χ0) is 33.1. The van der Waals surface area contributed by atoms with Crippen LogP contribution in [0.1, 0.15) is 52.0 Å². The van der Waals surface area contributed by atoms with E-state index in [1.165, 1.54) is 35.1 Å². The van der Waals surface area contributed by atoms with Gasteiger partial charge in [-0.2, -0.15) is 5.10 Å². The van der Waals surface area contributed by atoms with Crippen molar-refractivity contribution in [2.24, 2.45) is 11.7 Å². The first-order valence-corrected chi connectivity index (χ1v) is 16.1. The van der Waals surface area contributed by atoms with Gasteiger partial charge in [-0.15, -0.1) is 11.3 Å². The van der Waals surface area contributed by atoms with Crippen LogP contribution in [0.5, 0.6) is 0 Å². The number of rotatable bonds is 9. The molecule has 2 fully saturated rings. The van der Waals surface area contributed by atoms with E-state index in [1.807, 2.05) is 0 Å². The van der Waals surface area contributed by atoms with Crippen LogP contribution < -0.4 is 5.73 Å². The first-order valence-electron chi connectivity index (χ1n) is 14.9. The van der Waals surface area contributed by atoms with Crippen molar-refractivity contribution >= 4 is 56.7 Å². The van der Waals surface area contributed by atoms with Crippen molar-refractivity contribution in [3.63, 3.8) is 0 Å². The number of likely N-dealkylation sites (tertiary alicyclic amines) is 1. The number of thiazole rings is 1. The highest BCUT2D eigenvalue weighted by molar-refractivity contribution is 7.22. The summed E-state index contributed by atoms with van der Waals surface area (Å²) in [5, 5.41) is 5.12. The molecule has 0 bridgehead atoms. The minimum atomic E-state index is -0.758. The molecular formula is C33H27ClFN7O4S. The van der Waals surface area contributed by atoms with E-state index in [4.69, 9.17) is 17.3 Å². The molecule has 0 unspecified atom stereocenters. The molecule has 47 heavy (non-hydrogen) atoms. The van der Waals surface area contributed by atoms with E-state index >= 15 is 4.39 Å². The SMILES string of the molecule is CC(=O)c1ccc(Cl)c(-c2cccc(CC(=O)[C@@H]3C[C@H]4C[C@H]4N3C(=O)Cn3nc(C(N)=O)c4sc(-c5cnc(C)nc5)nc43)c2F)c1. The molecule has 7 rings (SSSR count). The summed E-state index contributed by atoms with van der Waals surface area (Å²) < 4.78 is 17.6. The number of carbonyl (C=O) groups excluding carboxylic acids is 4. The lowest BCUT2D eigenvalue weighted by molar-refractivity contribution is -0.139. The molecular weight excluding hydrogens is 645 g/mol. The monoisotopic (exact) mass is 671 g/mol. The van der Waals surface area contributed by atoms with Gasteiger partial charge < -0.3 is 10.6 Å². The van der Waals surface area contributed by atoms with E-state index < -0.39 is 17.8 Å². The van der Waals surface area contributed by atoms with Gasteiger partial charge in [0.1, 0.15) is 27.9 Å². The molecule has 5 aromatic rings. The Hall–Kier alpha value is -4.88. The number of carbonyl (C=O) groups is 4. The van der Waals surface area contributed by atoms with E-state index in [-0.39, 0.29) is 64.2 Å². The number of aromatic nitrogens is 5. The lowest BCUT2D eigenvalue weighted by Crippen LogP contribution is -2.45. The number of piperidine rings is 1. The summed E-state index contributed by atoms with van der Waals surface area (Å²) in [4.78, 5) is 66.3. The molecule has 2 amide bonds. The maximum atomic E-state index is 15.9.